The lowest BCUT2D eigenvalue weighted by Gasteiger charge is -2.19. The molecule has 1 aromatic heterocycles. The second-order valence-electron chi connectivity index (χ2n) is 6.34. The van der Waals surface area contributed by atoms with Gasteiger partial charge in [0.05, 0.1) is 28.3 Å². The average molecular weight is 419 g/mol. The predicted octanol–water partition coefficient (Wildman–Crippen LogP) is 5.99. The smallest absolute Gasteiger partial charge is 0.238 e. The summed E-state index contributed by atoms with van der Waals surface area (Å²) >= 11 is 14.1. The number of halogens is 2. The van der Waals surface area contributed by atoms with Gasteiger partial charge < -0.3 is 5.32 Å². The van der Waals surface area contributed by atoms with Crippen LogP contribution in [0.1, 0.15) is 27.6 Å². The van der Waals surface area contributed by atoms with Crippen molar-refractivity contribution in [3.8, 4) is 0 Å². The summed E-state index contributed by atoms with van der Waals surface area (Å²) in [6.45, 7) is 4.06. The fourth-order valence-electron chi connectivity index (χ4n) is 2.75. The van der Waals surface area contributed by atoms with Gasteiger partial charge in [0.1, 0.15) is 0 Å². The molecular formula is C21H20Cl2N2OS. The summed E-state index contributed by atoms with van der Waals surface area (Å²) in [6.07, 6.45) is 0. The number of thiophene rings is 1. The predicted molar refractivity (Wildman–Crippen MR) is 115 cm³/mol. The third kappa shape index (κ3) is 4.90. The Morgan fingerprint density at radius 2 is 1.81 bits per heavy atom. The highest BCUT2D eigenvalue weighted by Crippen LogP contribution is 2.33. The van der Waals surface area contributed by atoms with Crippen LogP contribution in [0.2, 0.25) is 10.0 Å². The first-order valence-corrected chi connectivity index (χ1v) is 10.2. The van der Waals surface area contributed by atoms with Gasteiger partial charge in [0, 0.05) is 4.88 Å². The van der Waals surface area contributed by atoms with Crippen LogP contribution in [0.5, 0.6) is 0 Å². The molecule has 27 heavy (non-hydrogen) atoms. The number of carbonyl (C=O) groups is 1. The molecule has 0 saturated carbocycles. The first kappa shape index (κ1) is 19.9. The molecule has 0 aliphatic heterocycles. The standard InChI is InChI=1S/C21H20Cl2N2OS/c1-13-5-8-15(9-6-13)20(17-4-3-11-27-17)24-12-18(26)25-21-16(22)10-7-14(2)19(21)23/h3-11,20,24H,12H2,1-2H3,(H,25,26)/t20-/m0/s1. The van der Waals surface area contributed by atoms with Crippen molar-refractivity contribution < 1.29 is 4.79 Å². The molecule has 3 rings (SSSR count). The SMILES string of the molecule is Cc1ccc([C@H](NCC(=O)Nc2c(Cl)ccc(C)c2Cl)c2cccs2)cc1. The Bertz CT molecular complexity index is 924. The summed E-state index contributed by atoms with van der Waals surface area (Å²) in [5, 5.41) is 9.08. The number of nitrogens with one attached hydrogen (secondary N) is 2. The minimum atomic E-state index is -0.196. The zero-order valence-corrected chi connectivity index (χ0v) is 17.4. The molecule has 0 fully saturated rings. The molecule has 1 heterocycles. The van der Waals surface area contributed by atoms with Gasteiger partial charge in [-0.1, -0.05) is 65.2 Å². The molecule has 1 atom stereocenters. The van der Waals surface area contributed by atoms with Crippen molar-refractivity contribution in [2.45, 2.75) is 19.9 Å². The molecule has 0 aliphatic rings. The molecule has 3 nitrogen and oxygen atoms in total. The third-order valence-electron chi connectivity index (χ3n) is 4.25. The van der Waals surface area contributed by atoms with Crippen LogP contribution in [-0.4, -0.2) is 12.5 Å². The maximum Gasteiger partial charge on any atom is 0.238 e. The monoisotopic (exact) mass is 418 g/mol. The summed E-state index contributed by atoms with van der Waals surface area (Å²) in [6, 6.07) is 15.9. The number of amides is 1. The molecule has 2 N–H and O–H groups in total. The Hall–Kier alpha value is -1.85. The maximum atomic E-state index is 12.5. The molecule has 6 heteroatoms. The van der Waals surface area contributed by atoms with Gasteiger partial charge >= 0.3 is 0 Å². The van der Waals surface area contributed by atoms with Crippen molar-refractivity contribution >= 4 is 46.1 Å². The zero-order valence-electron chi connectivity index (χ0n) is 15.1. The van der Waals surface area contributed by atoms with Gasteiger partial charge in [-0.05, 0) is 42.5 Å². The van der Waals surface area contributed by atoms with Crippen molar-refractivity contribution in [2.24, 2.45) is 0 Å². The van der Waals surface area contributed by atoms with Crippen molar-refractivity contribution in [2.75, 3.05) is 11.9 Å². The van der Waals surface area contributed by atoms with Gasteiger partial charge in [0.2, 0.25) is 5.91 Å². The molecule has 0 bridgehead atoms. The maximum absolute atomic E-state index is 12.5. The number of rotatable bonds is 6. The first-order chi connectivity index (χ1) is 13.0. The molecule has 3 aromatic rings. The number of hydrogen-bond donors (Lipinski definition) is 2. The molecule has 1 amide bonds. The van der Waals surface area contributed by atoms with Crippen LogP contribution in [-0.2, 0) is 4.79 Å². The van der Waals surface area contributed by atoms with Crippen LogP contribution in [0.4, 0.5) is 5.69 Å². The van der Waals surface area contributed by atoms with E-state index in [2.05, 4.69) is 47.9 Å². The fraction of sp³-hybridized carbons (Fsp3) is 0.190. The molecular weight excluding hydrogens is 399 g/mol. The number of aryl methyl sites for hydroxylation is 2. The topological polar surface area (TPSA) is 41.1 Å². The lowest BCUT2D eigenvalue weighted by molar-refractivity contribution is -0.115. The van der Waals surface area contributed by atoms with Gasteiger partial charge in [0.25, 0.3) is 0 Å². The van der Waals surface area contributed by atoms with Gasteiger partial charge in [-0.3, -0.25) is 10.1 Å². The van der Waals surface area contributed by atoms with Crippen LogP contribution < -0.4 is 10.6 Å². The molecule has 0 unspecified atom stereocenters. The minimum absolute atomic E-state index is 0.0557. The largest absolute Gasteiger partial charge is 0.322 e. The van der Waals surface area contributed by atoms with E-state index in [4.69, 9.17) is 23.2 Å². The first-order valence-electron chi connectivity index (χ1n) is 8.53. The number of anilines is 1. The summed E-state index contributed by atoms with van der Waals surface area (Å²) in [5.74, 6) is -0.196. The summed E-state index contributed by atoms with van der Waals surface area (Å²) in [4.78, 5) is 13.7. The van der Waals surface area contributed by atoms with E-state index in [9.17, 15) is 4.79 Å². The Morgan fingerprint density at radius 1 is 1.07 bits per heavy atom. The summed E-state index contributed by atoms with van der Waals surface area (Å²) < 4.78 is 0. The normalized spacial score (nSPS) is 12.0. The third-order valence-corrected chi connectivity index (χ3v) is 5.99. The van der Waals surface area contributed by atoms with E-state index in [1.807, 2.05) is 24.4 Å². The van der Waals surface area contributed by atoms with Crippen LogP contribution >= 0.6 is 34.5 Å². The molecule has 0 aliphatic carbocycles. The lowest BCUT2D eigenvalue weighted by Crippen LogP contribution is -2.31. The van der Waals surface area contributed by atoms with Gasteiger partial charge in [0.15, 0.2) is 0 Å². The summed E-state index contributed by atoms with van der Waals surface area (Å²) in [7, 11) is 0. The number of carbonyl (C=O) groups excluding carboxylic acids is 1. The van der Waals surface area contributed by atoms with E-state index in [-0.39, 0.29) is 18.5 Å². The Balaban J connectivity index is 1.73. The number of hydrogen-bond acceptors (Lipinski definition) is 3. The lowest BCUT2D eigenvalue weighted by atomic mass is 10.0. The van der Waals surface area contributed by atoms with E-state index in [0.29, 0.717) is 15.7 Å². The second-order valence-corrected chi connectivity index (χ2v) is 8.11. The van der Waals surface area contributed by atoms with E-state index < -0.39 is 0 Å². The quantitative estimate of drug-likeness (QED) is 0.515. The van der Waals surface area contributed by atoms with Crippen LogP contribution in [0.3, 0.4) is 0 Å². The Labute approximate surface area is 173 Å². The van der Waals surface area contributed by atoms with Gasteiger partial charge in [-0.25, -0.2) is 0 Å². The van der Waals surface area contributed by atoms with Crippen LogP contribution in [0, 0.1) is 13.8 Å². The molecule has 0 spiro atoms. The van der Waals surface area contributed by atoms with E-state index in [1.54, 1.807) is 17.4 Å². The van der Waals surface area contributed by atoms with E-state index in [0.717, 1.165) is 16.0 Å². The van der Waals surface area contributed by atoms with E-state index in [1.165, 1.54) is 5.56 Å². The Morgan fingerprint density at radius 3 is 2.48 bits per heavy atom. The van der Waals surface area contributed by atoms with Gasteiger partial charge in [-0.2, -0.15) is 0 Å². The molecule has 0 saturated heterocycles. The highest BCUT2D eigenvalue weighted by molar-refractivity contribution is 7.10. The highest BCUT2D eigenvalue weighted by atomic mass is 35.5. The highest BCUT2D eigenvalue weighted by Gasteiger charge is 2.17. The molecule has 140 valence electrons. The van der Waals surface area contributed by atoms with E-state index >= 15 is 0 Å². The average Bonchev–Trinajstić information content (AvgIpc) is 3.18. The molecule has 2 aromatic carbocycles. The van der Waals surface area contributed by atoms with Crippen LogP contribution in [0.15, 0.2) is 53.9 Å². The second kappa shape index (κ2) is 8.89. The van der Waals surface area contributed by atoms with Crippen molar-refractivity contribution in [1.82, 2.24) is 5.32 Å². The van der Waals surface area contributed by atoms with Gasteiger partial charge in [-0.15, -0.1) is 11.3 Å². The Kier molecular flexibility index (Phi) is 6.55. The van der Waals surface area contributed by atoms with Crippen molar-refractivity contribution in [3.05, 3.63) is 85.5 Å². The van der Waals surface area contributed by atoms with Crippen molar-refractivity contribution in [1.29, 1.82) is 0 Å². The van der Waals surface area contributed by atoms with Crippen LogP contribution in [0.25, 0.3) is 0 Å². The summed E-state index contributed by atoms with van der Waals surface area (Å²) in [5.41, 5.74) is 3.63. The van der Waals surface area contributed by atoms with Crippen molar-refractivity contribution in [3.63, 3.8) is 0 Å². The number of benzene rings is 2. The molecule has 0 radical (unpaired) electrons. The fourth-order valence-corrected chi connectivity index (χ4v) is 4.04. The zero-order chi connectivity index (χ0) is 19.4. The minimum Gasteiger partial charge on any atom is -0.322 e.